The van der Waals surface area contributed by atoms with Crippen molar-refractivity contribution in [2.45, 2.75) is 0 Å². The second-order valence-electron chi connectivity index (χ2n) is 8.93. The van der Waals surface area contributed by atoms with Crippen LogP contribution in [-0.2, 0) is 0 Å². The lowest BCUT2D eigenvalue weighted by Crippen LogP contribution is -2.06. The monoisotopic (exact) mass is 513 g/mol. The van der Waals surface area contributed by atoms with Gasteiger partial charge in [0.15, 0.2) is 11.6 Å². The first kappa shape index (κ1) is 21.9. The fraction of sp³-hybridized carbons (Fsp3) is 0. The summed E-state index contributed by atoms with van der Waals surface area (Å²) in [5.41, 5.74) is 2.26. The van der Waals surface area contributed by atoms with E-state index in [0.717, 1.165) is 31.3 Å². The SMILES string of the molecule is O=C1C(=Cc2ccc(N(c3ccccc3)c3cc4ccccc4s3)s2)C(=O)c2cc3ccccc3cc21. The van der Waals surface area contributed by atoms with Crippen LogP contribution in [0.3, 0.4) is 0 Å². The molecule has 176 valence electrons. The van der Waals surface area contributed by atoms with Gasteiger partial charge in [0, 0.05) is 26.4 Å². The van der Waals surface area contributed by atoms with E-state index in [4.69, 9.17) is 0 Å². The Hall–Kier alpha value is -4.32. The summed E-state index contributed by atoms with van der Waals surface area (Å²) in [4.78, 5) is 29.6. The van der Waals surface area contributed by atoms with Gasteiger partial charge in [0.25, 0.3) is 0 Å². The van der Waals surface area contributed by atoms with Gasteiger partial charge in [0.1, 0.15) is 10.0 Å². The smallest absolute Gasteiger partial charge is 0.197 e. The van der Waals surface area contributed by atoms with Crippen LogP contribution in [0.4, 0.5) is 15.7 Å². The number of carbonyl (C=O) groups excluding carboxylic acids is 2. The number of benzene rings is 4. The van der Waals surface area contributed by atoms with Crippen LogP contribution >= 0.6 is 22.7 Å². The highest BCUT2D eigenvalue weighted by Gasteiger charge is 2.33. The molecule has 0 fully saturated rings. The Kier molecular flexibility index (Phi) is 5.13. The minimum absolute atomic E-state index is 0.204. The van der Waals surface area contributed by atoms with E-state index in [-0.39, 0.29) is 17.1 Å². The summed E-state index contributed by atoms with van der Waals surface area (Å²) in [5, 5.41) is 5.26. The fourth-order valence-corrected chi connectivity index (χ4v) is 6.98. The number of anilines is 3. The molecule has 1 aliphatic carbocycles. The highest BCUT2D eigenvalue weighted by molar-refractivity contribution is 7.23. The van der Waals surface area contributed by atoms with Crippen LogP contribution in [0.15, 0.2) is 115 Å². The fourth-order valence-electron chi connectivity index (χ4n) is 4.84. The molecule has 0 unspecified atom stereocenters. The highest BCUT2D eigenvalue weighted by Crippen LogP contribution is 2.44. The number of thiophene rings is 2. The van der Waals surface area contributed by atoms with Crippen LogP contribution in [0.1, 0.15) is 25.6 Å². The number of hydrogen-bond donors (Lipinski definition) is 0. The number of rotatable bonds is 4. The third-order valence-corrected chi connectivity index (χ3v) is 8.75. The number of Topliss-reactive ketones (excluding diaryl/α,β-unsaturated/α-hetero) is 2. The number of allylic oxidation sites excluding steroid dienone is 1. The van der Waals surface area contributed by atoms with Crippen molar-refractivity contribution in [2.24, 2.45) is 0 Å². The average molecular weight is 514 g/mol. The second-order valence-corrected chi connectivity index (χ2v) is 11.1. The summed E-state index contributed by atoms with van der Waals surface area (Å²) in [5.74, 6) is -0.407. The lowest BCUT2D eigenvalue weighted by Gasteiger charge is -2.21. The summed E-state index contributed by atoms with van der Waals surface area (Å²) in [6.45, 7) is 0. The highest BCUT2D eigenvalue weighted by atomic mass is 32.1. The van der Waals surface area contributed by atoms with E-state index < -0.39 is 0 Å². The zero-order chi connectivity index (χ0) is 24.9. The van der Waals surface area contributed by atoms with Crippen LogP contribution in [0.25, 0.3) is 26.9 Å². The molecular formula is C32H19NO2S2. The number of para-hydroxylation sites is 1. The second kappa shape index (κ2) is 8.66. The quantitative estimate of drug-likeness (QED) is 0.174. The van der Waals surface area contributed by atoms with Gasteiger partial charge in [-0.2, -0.15) is 0 Å². The normalized spacial score (nSPS) is 12.9. The zero-order valence-corrected chi connectivity index (χ0v) is 21.2. The molecule has 0 saturated heterocycles. The molecule has 7 rings (SSSR count). The third kappa shape index (κ3) is 3.71. The van der Waals surface area contributed by atoms with Gasteiger partial charge in [-0.3, -0.25) is 14.5 Å². The molecule has 6 aromatic rings. The van der Waals surface area contributed by atoms with E-state index in [1.807, 2.05) is 60.7 Å². The third-order valence-electron chi connectivity index (χ3n) is 6.63. The van der Waals surface area contributed by atoms with Crippen molar-refractivity contribution >= 4 is 76.9 Å². The topological polar surface area (TPSA) is 37.4 Å². The van der Waals surface area contributed by atoms with E-state index in [2.05, 4.69) is 53.4 Å². The molecule has 5 heteroatoms. The molecule has 2 heterocycles. The number of carbonyl (C=O) groups is 2. The number of hydrogen-bond acceptors (Lipinski definition) is 5. The summed E-state index contributed by atoms with van der Waals surface area (Å²) >= 11 is 3.30. The van der Waals surface area contributed by atoms with Crippen LogP contribution < -0.4 is 4.90 Å². The Labute approximate surface area is 221 Å². The van der Waals surface area contributed by atoms with E-state index in [1.54, 1.807) is 28.7 Å². The Balaban J connectivity index is 1.29. The number of fused-ring (bicyclic) bond motifs is 3. The molecule has 37 heavy (non-hydrogen) atoms. The zero-order valence-electron chi connectivity index (χ0n) is 19.5. The molecule has 0 atom stereocenters. The first-order chi connectivity index (χ1) is 18.2. The van der Waals surface area contributed by atoms with Crippen molar-refractivity contribution < 1.29 is 9.59 Å². The van der Waals surface area contributed by atoms with Gasteiger partial charge in [-0.15, -0.1) is 22.7 Å². The van der Waals surface area contributed by atoms with Gasteiger partial charge in [0.05, 0.1) is 5.57 Å². The Morgan fingerprint density at radius 2 is 1.19 bits per heavy atom. The molecule has 3 nitrogen and oxygen atoms in total. The van der Waals surface area contributed by atoms with Gasteiger partial charge in [0.2, 0.25) is 0 Å². The van der Waals surface area contributed by atoms with Crippen LogP contribution in [-0.4, -0.2) is 11.6 Å². The predicted molar refractivity (Wildman–Crippen MR) is 155 cm³/mol. The largest absolute Gasteiger partial charge is 0.293 e. The maximum atomic E-state index is 13.2. The molecule has 2 aromatic heterocycles. The lowest BCUT2D eigenvalue weighted by molar-refractivity contribution is 0.0990. The molecule has 0 radical (unpaired) electrons. The van der Waals surface area contributed by atoms with Crippen LogP contribution in [0.2, 0.25) is 0 Å². The summed E-state index contributed by atoms with van der Waals surface area (Å²) in [6, 6.07) is 36.4. The summed E-state index contributed by atoms with van der Waals surface area (Å²) in [6.07, 6.45) is 1.75. The van der Waals surface area contributed by atoms with E-state index in [0.29, 0.717) is 11.1 Å². The predicted octanol–water partition coefficient (Wildman–Crippen LogP) is 9.05. The minimum atomic E-state index is -0.204. The molecule has 0 spiro atoms. The molecule has 0 amide bonds. The molecule has 0 N–H and O–H groups in total. The van der Waals surface area contributed by atoms with Crippen LogP contribution in [0.5, 0.6) is 0 Å². The number of nitrogens with zero attached hydrogens (tertiary/aromatic N) is 1. The first-order valence-electron chi connectivity index (χ1n) is 11.9. The van der Waals surface area contributed by atoms with Crippen molar-refractivity contribution in [1.82, 2.24) is 0 Å². The van der Waals surface area contributed by atoms with E-state index >= 15 is 0 Å². The maximum absolute atomic E-state index is 13.2. The maximum Gasteiger partial charge on any atom is 0.197 e. The molecule has 0 bridgehead atoms. The van der Waals surface area contributed by atoms with Crippen LogP contribution in [0, 0.1) is 0 Å². The van der Waals surface area contributed by atoms with Gasteiger partial charge in [-0.25, -0.2) is 0 Å². The Morgan fingerprint density at radius 1 is 0.568 bits per heavy atom. The lowest BCUT2D eigenvalue weighted by atomic mass is 10.0. The van der Waals surface area contributed by atoms with Crippen molar-refractivity contribution in [3.63, 3.8) is 0 Å². The van der Waals surface area contributed by atoms with E-state index in [1.165, 1.54) is 10.1 Å². The standard InChI is InChI=1S/C32H19NO2S2/c34-31-25-16-20-8-4-5-9-21(20)17-26(25)32(35)27(31)19-24-14-15-29(36-24)33(23-11-2-1-3-12-23)30-18-22-10-6-7-13-28(22)37-30/h1-19H. The Morgan fingerprint density at radius 3 is 1.86 bits per heavy atom. The van der Waals surface area contributed by atoms with Gasteiger partial charge >= 0.3 is 0 Å². The van der Waals surface area contributed by atoms with Gasteiger partial charge in [-0.1, -0.05) is 60.7 Å². The molecule has 0 aliphatic heterocycles. The molecule has 0 saturated carbocycles. The molecule has 4 aromatic carbocycles. The van der Waals surface area contributed by atoms with E-state index in [9.17, 15) is 9.59 Å². The average Bonchev–Trinajstić information content (AvgIpc) is 3.63. The van der Waals surface area contributed by atoms with Gasteiger partial charge in [-0.05, 0) is 70.8 Å². The minimum Gasteiger partial charge on any atom is -0.293 e. The number of ketones is 2. The van der Waals surface area contributed by atoms with Crippen molar-refractivity contribution in [1.29, 1.82) is 0 Å². The van der Waals surface area contributed by atoms with Gasteiger partial charge < -0.3 is 0 Å². The summed E-state index contributed by atoms with van der Waals surface area (Å²) < 4.78 is 1.23. The first-order valence-corrected chi connectivity index (χ1v) is 13.6. The van der Waals surface area contributed by atoms with Crippen molar-refractivity contribution in [2.75, 3.05) is 4.90 Å². The molecular weight excluding hydrogens is 494 g/mol. The van der Waals surface area contributed by atoms with Crippen molar-refractivity contribution in [3.8, 4) is 0 Å². The van der Waals surface area contributed by atoms with Crippen molar-refractivity contribution in [3.05, 3.63) is 131 Å². The Bertz CT molecular complexity index is 1790. The molecule has 1 aliphatic rings. The summed E-state index contributed by atoms with van der Waals surface area (Å²) in [7, 11) is 0.